The molecule has 4 rings (SSSR count). The predicted molar refractivity (Wildman–Crippen MR) is 137 cm³/mol. The summed E-state index contributed by atoms with van der Waals surface area (Å²) in [5.41, 5.74) is 4.45. The van der Waals surface area contributed by atoms with Gasteiger partial charge in [0.25, 0.3) is 11.8 Å². The van der Waals surface area contributed by atoms with Crippen LogP contribution in [0.5, 0.6) is 5.75 Å². The molecule has 0 aliphatic carbocycles. The first-order chi connectivity index (χ1) is 16.5. The summed E-state index contributed by atoms with van der Waals surface area (Å²) in [6, 6.07) is 22.6. The normalized spacial score (nSPS) is 13.5. The van der Waals surface area contributed by atoms with Gasteiger partial charge in [-0.2, -0.15) is 0 Å². The van der Waals surface area contributed by atoms with Crippen LogP contribution in [0.1, 0.15) is 25.0 Å². The topological polar surface area (TPSA) is 61.9 Å². The van der Waals surface area contributed by atoms with Gasteiger partial charge in [0.15, 0.2) is 0 Å². The zero-order chi connectivity index (χ0) is 24.2. The highest BCUT2D eigenvalue weighted by molar-refractivity contribution is 6.46. The Kier molecular flexibility index (Phi) is 6.68. The molecule has 0 saturated carbocycles. The molecule has 3 aromatic carbocycles. The van der Waals surface area contributed by atoms with E-state index in [-0.39, 0.29) is 11.6 Å². The molecule has 0 bridgehead atoms. The van der Waals surface area contributed by atoms with Crippen molar-refractivity contribution in [1.82, 2.24) is 0 Å². The average Bonchev–Trinajstić information content (AvgIpc) is 3.10. The minimum absolute atomic E-state index is 0.246. The standard InChI is InChI=1S/C28H29N3O3/c1-5-30(6-2)22-15-13-21(14-16-22)29-26-25(20-10-8-7-9-11-20)27(32)31(28(26)33)23-18-19(3)12-17-24(23)34-4/h7-18,29H,5-6H2,1-4H3. The van der Waals surface area contributed by atoms with Gasteiger partial charge in [-0.05, 0) is 68.3 Å². The first kappa shape index (κ1) is 23.1. The van der Waals surface area contributed by atoms with Gasteiger partial charge >= 0.3 is 0 Å². The maximum Gasteiger partial charge on any atom is 0.282 e. The van der Waals surface area contributed by atoms with Crippen molar-refractivity contribution in [3.8, 4) is 5.75 Å². The number of methoxy groups -OCH3 is 1. The van der Waals surface area contributed by atoms with Crippen molar-refractivity contribution >= 4 is 34.4 Å². The number of carbonyl (C=O) groups is 2. The monoisotopic (exact) mass is 455 g/mol. The van der Waals surface area contributed by atoms with Crippen molar-refractivity contribution < 1.29 is 14.3 Å². The fraction of sp³-hybridized carbons (Fsp3) is 0.214. The molecule has 0 radical (unpaired) electrons. The van der Waals surface area contributed by atoms with Gasteiger partial charge in [0, 0.05) is 24.5 Å². The zero-order valence-corrected chi connectivity index (χ0v) is 20.0. The molecule has 6 nitrogen and oxygen atoms in total. The number of nitrogens with zero attached hydrogens (tertiary/aromatic N) is 2. The van der Waals surface area contributed by atoms with Crippen molar-refractivity contribution in [3.05, 3.63) is 89.6 Å². The van der Waals surface area contributed by atoms with Crippen LogP contribution in [0.15, 0.2) is 78.5 Å². The summed E-state index contributed by atoms with van der Waals surface area (Å²) in [6.07, 6.45) is 0. The van der Waals surface area contributed by atoms with Crippen LogP contribution in [0.3, 0.4) is 0 Å². The summed E-state index contributed by atoms with van der Waals surface area (Å²) < 4.78 is 5.47. The lowest BCUT2D eigenvalue weighted by Gasteiger charge is -2.21. The lowest BCUT2D eigenvalue weighted by atomic mass is 10.0. The van der Waals surface area contributed by atoms with E-state index in [9.17, 15) is 9.59 Å². The molecular formula is C28H29N3O3. The smallest absolute Gasteiger partial charge is 0.282 e. The van der Waals surface area contributed by atoms with Crippen molar-refractivity contribution in [2.45, 2.75) is 20.8 Å². The van der Waals surface area contributed by atoms with E-state index in [0.717, 1.165) is 30.0 Å². The fourth-order valence-corrected chi connectivity index (χ4v) is 4.20. The van der Waals surface area contributed by atoms with Gasteiger partial charge in [-0.3, -0.25) is 9.59 Å². The molecule has 0 saturated heterocycles. The van der Waals surface area contributed by atoms with Crippen LogP contribution >= 0.6 is 0 Å². The number of ether oxygens (including phenoxy) is 1. The van der Waals surface area contributed by atoms with Gasteiger partial charge in [0.1, 0.15) is 11.4 Å². The second-order valence-electron chi connectivity index (χ2n) is 8.08. The van der Waals surface area contributed by atoms with E-state index in [1.54, 1.807) is 12.1 Å². The Balaban J connectivity index is 1.76. The van der Waals surface area contributed by atoms with Crippen LogP contribution in [0, 0.1) is 6.92 Å². The molecule has 1 aliphatic heterocycles. The Morgan fingerprint density at radius 2 is 1.56 bits per heavy atom. The number of nitrogens with one attached hydrogen (secondary N) is 1. The molecule has 0 atom stereocenters. The van der Waals surface area contributed by atoms with Crippen molar-refractivity contribution in [3.63, 3.8) is 0 Å². The fourth-order valence-electron chi connectivity index (χ4n) is 4.20. The van der Waals surface area contributed by atoms with Crippen molar-refractivity contribution in [1.29, 1.82) is 0 Å². The summed E-state index contributed by atoms with van der Waals surface area (Å²) >= 11 is 0. The number of rotatable bonds is 8. The summed E-state index contributed by atoms with van der Waals surface area (Å²) in [5.74, 6) is -0.340. The van der Waals surface area contributed by atoms with Gasteiger partial charge in [-0.25, -0.2) is 4.90 Å². The second-order valence-corrected chi connectivity index (χ2v) is 8.08. The Hall–Kier alpha value is -4.06. The third-order valence-electron chi connectivity index (χ3n) is 5.99. The summed E-state index contributed by atoms with van der Waals surface area (Å²) in [5, 5.41) is 3.23. The lowest BCUT2D eigenvalue weighted by molar-refractivity contribution is -0.120. The number of aryl methyl sites for hydroxylation is 1. The molecule has 1 N–H and O–H groups in total. The summed E-state index contributed by atoms with van der Waals surface area (Å²) in [6.45, 7) is 7.96. The molecule has 0 aromatic heterocycles. The third kappa shape index (κ3) is 4.27. The van der Waals surface area contributed by atoms with E-state index in [2.05, 4.69) is 24.1 Å². The minimum Gasteiger partial charge on any atom is -0.495 e. The molecule has 34 heavy (non-hydrogen) atoms. The largest absolute Gasteiger partial charge is 0.495 e. The van der Waals surface area contributed by atoms with E-state index >= 15 is 0 Å². The number of carbonyl (C=O) groups excluding carboxylic acids is 2. The molecular weight excluding hydrogens is 426 g/mol. The minimum atomic E-state index is -0.416. The predicted octanol–water partition coefficient (Wildman–Crippen LogP) is 5.25. The second kappa shape index (κ2) is 9.83. The number of benzene rings is 3. The van der Waals surface area contributed by atoms with Crippen molar-refractivity contribution in [2.75, 3.05) is 35.3 Å². The van der Waals surface area contributed by atoms with E-state index in [1.807, 2.05) is 67.6 Å². The quantitative estimate of drug-likeness (QED) is 0.470. The summed E-state index contributed by atoms with van der Waals surface area (Å²) in [4.78, 5) is 30.8. The van der Waals surface area contributed by atoms with Crippen molar-refractivity contribution in [2.24, 2.45) is 0 Å². The average molecular weight is 456 g/mol. The SMILES string of the molecule is CCN(CC)c1ccc(NC2=C(c3ccccc3)C(=O)N(c3cc(C)ccc3OC)C2=O)cc1. The molecule has 6 heteroatoms. The maximum atomic E-state index is 13.7. The van der Waals surface area contributed by atoms with Crippen LogP contribution in [0.2, 0.25) is 0 Å². The number of anilines is 3. The highest BCUT2D eigenvalue weighted by Gasteiger charge is 2.41. The molecule has 0 fully saturated rings. The van der Waals surface area contributed by atoms with E-state index in [1.165, 1.54) is 12.0 Å². The highest BCUT2D eigenvalue weighted by atomic mass is 16.5. The van der Waals surface area contributed by atoms with E-state index in [0.29, 0.717) is 22.6 Å². The number of amides is 2. The zero-order valence-electron chi connectivity index (χ0n) is 20.0. The van der Waals surface area contributed by atoms with Crippen LogP contribution in [-0.2, 0) is 9.59 Å². The third-order valence-corrected chi connectivity index (χ3v) is 5.99. The molecule has 174 valence electrons. The number of hydrogen-bond donors (Lipinski definition) is 1. The molecule has 1 aliphatic rings. The van der Waals surface area contributed by atoms with Gasteiger partial charge in [0.05, 0.1) is 18.4 Å². The van der Waals surface area contributed by atoms with Crippen LogP contribution in [0.4, 0.5) is 17.1 Å². The van der Waals surface area contributed by atoms with Gasteiger partial charge < -0.3 is 15.0 Å². The molecule has 1 heterocycles. The molecule has 0 unspecified atom stereocenters. The molecule has 2 amide bonds. The molecule has 3 aromatic rings. The van der Waals surface area contributed by atoms with Gasteiger partial charge in [-0.15, -0.1) is 0 Å². The Bertz CT molecular complexity index is 1230. The maximum absolute atomic E-state index is 13.7. The summed E-state index contributed by atoms with van der Waals surface area (Å²) in [7, 11) is 1.53. The Morgan fingerprint density at radius 1 is 0.882 bits per heavy atom. The van der Waals surface area contributed by atoms with Gasteiger partial charge in [-0.1, -0.05) is 36.4 Å². The lowest BCUT2D eigenvalue weighted by Crippen LogP contribution is -2.32. The van der Waals surface area contributed by atoms with Crippen LogP contribution in [0.25, 0.3) is 5.57 Å². The molecule has 0 spiro atoms. The Morgan fingerprint density at radius 3 is 2.18 bits per heavy atom. The van der Waals surface area contributed by atoms with Crippen LogP contribution < -0.4 is 19.9 Å². The number of imide groups is 1. The first-order valence-corrected chi connectivity index (χ1v) is 11.4. The van der Waals surface area contributed by atoms with Crippen LogP contribution in [-0.4, -0.2) is 32.0 Å². The highest BCUT2D eigenvalue weighted by Crippen LogP contribution is 2.38. The van der Waals surface area contributed by atoms with Gasteiger partial charge in [0.2, 0.25) is 0 Å². The van der Waals surface area contributed by atoms with E-state index < -0.39 is 5.91 Å². The van der Waals surface area contributed by atoms with E-state index in [4.69, 9.17) is 4.74 Å². The Labute approximate surface area is 200 Å². The first-order valence-electron chi connectivity index (χ1n) is 11.4. The number of hydrogen-bond acceptors (Lipinski definition) is 5.